The second kappa shape index (κ2) is 17.7. The molecule has 350 valence electrons. The molecule has 3 aromatic heterocycles. The molecule has 0 amide bonds. The zero-order valence-electron chi connectivity index (χ0n) is 39.3. The summed E-state index contributed by atoms with van der Waals surface area (Å²) in [5, 5.41) is 14.3. The van der Waals surface area contributed by atoms with Crippen molar-refractivity contribution in [2.75, 3.05) is 0 Å². The first-order valence-corrected chi connectivity index (χ1v) is 24.1. The first kappa shape index (κ1) is 44.1. The molecule has 0 aliphatic rings. The topological polar surface area (TPSA) is 72.3 Å². The van der Waals surface area contributed by atoms with Crippen LogP contribution < -0.4 is 0 Å². The van der Waals surface area contributed by atoms with Crippen LogP contribution in [0.15, 0.2) is 237 Å². The largest absolute Gasteiger partial charge is 0.416 e. The standard InChI is InChI=1S/C65H39F3N6/c66-65(67,68)48-31-35-61(74-57-27-15-13-25-51(57)53-37-45(29-33-59(53)74)42-18-6-2-7-19-42)55(39-48)64-71-62(43-20-8-3-9-21-43)70-63(72-64)54-38-46(49-23-11-10-22-47(49)40-69)30-34-60(54)73-56-26-14-12-24-50(56)52-36-44(28-32-58(52)73)41-16-4-1-5-17-41/h1-39H. The third-order valence-electron chi connectivity index (χ3n) is 13.9. The van der Waals surface area contributed by atoms with E-state index in [-0.39, 0.29) is 23.0 Å². The highest BCUT2D eigenvalue weighted by Crippen LogP contribution is 2.43. The van der Waals surface area contributed by atoms with Gasteiger partial charge in [0.1, 0.15) is 0 Å². The normalized spacial score (nSPS) is 11.7. The maximum atomic E-state index is 15.1. The van der Waals surface area contributed by atoms with Crippen molar-refractivity contribution in [1.82, 2.24) is 24.1 Å². The SMILES string of the molecule is N#Cc1ccccc1-c1ccc(-n2c3ccccc3c3cc(-c4ccccc4)ccc32)c(-c2nc(-c3ccccc3)nc(-c3cc(C(F)(F)F)ccc3-n3c4ccccc4c4cc(-c5ccccc5)ccc43)n2)c1. The fraction of sp³-hybridized carbons (Fsp3) is 0.0154. The fourth-order valence-electron chi connectivity index (χ4n) is 10.4. The Hall–Kier alpha value is -9.91. The number of alkyl halides is 3. The van der Waals surface area contributed by atoms with Gasteiger partial charge in [-0.2, -0.15) is 18.4 Å². The van der Waals surface area contributed by atoms with Crippen LogP contribution in [0, 0.1) is 11.3 Å². The summed E-state index contributed by atoms with van der Waals surface area (Å²) in [4.78, 5) is 15.6. The van der Waals surface area contributed by atoms with Crippen LogP contribution in [0.25, 0.3) is 123 Å². The Bertz CT molecular complexity index is 4360. The molecule has 0 unspecified atom stereocenters. The van der Waals surface area contributed by atoms with Gasteiger partial charge in [0, 0.05) is 38.2 Å². The van der Waals surface area contributed by atoms with Gasteiger partial charge in [0.15, 0.2) is 17.5 Å². The minimum Gasteiger partial charge on any atom is -0.309 e. The zero-order chi connectivity index (χ0) is 49.9. The van der Waals surface area contributed by atoms with Crippen molar-refractivity contribution >= 4 is 43.6 Å². The maximum Gasteiger partial charge on any atom is 0.416 e. The Balaban J connectivity index is 1.10. The third kappa shape index (κ3) is 7.56. The molecule has 0 radical (unpaired) electrons. The summed E-state index contributed by atoms with van der Waals surface area (Å²) in [5.74, 6) is 0.544. The van der Waals surface area contributed by atoms with Crippen molar-refractivity contribution in [2.45, 2.75) is 6.18 Å². The summed E-state index contributed by atoms with van der Waals surface area (Å²) in [6.45, 7) is 0. The molecule has 74 heavy (non-hydrogen) atoms. The molecule has 3 heterocycles. The first-order valence-electron chi connectivity index (χ1n) is 24.1. The number of rotatable bonds is 8. The lowest BCUT2D eigenvalue weighted by molar-refractivity contribution is -0.137. The lowest BCUT2D eigenvalue weighted by Crippen LogP contribution is -2.09. The summed E-state index contributed by atoms with van der Waals surface area (Å²) in [7, 11) is 0. The van der Waals surface area contributed by atoms with E-state index in [9.17, 15) is 5.26 Å². The van der Waals surface area contributed by atoms with Gasteiger partial charge in [-0.25, -0.2) is 15.0 Å². The molecule has 9 heteroatoms. The number of nitrogens with zero attached hydrogens (tertiary/aromatic N) is 6. The summed E-state index contributed by atoms with van der Waals surface area (Å²) >= 11 is 0. The average molecular weight is 961 g/mol. The van der Waals surface area contributed by atoms with Crippen molar-refractivity contribution in [3.63, 3.8) is 0 Å². The summed E-state index contributed by atoms with van der Waals surface area (Å²) < 4.78 is 49.6. The predicted molar refractivity (Wildman–Crippen MR) is 291 cm³/mol. The van der Waals surface area contributed by atoms with Crippen molar-refractivity contribution in [3.8, 4) is 85.0 Å². The number of nitriles is 1. The van der Waals surface area contributed by atoms with E-state index in [0.717, 1.165) is 89.2 Å². The van der Waals surface area contributed by atoms with E-state index in [0.29, 0.717) is 27.9 Å². The highest BCUT2D eigenvalue weighted by atomic mass is 19.4. The highest BCUT2D eigenvalue weighted by molar-refractivity contribution is 6.12. The summed E-state index contributed by atoms with van der Waals surface area (Å²) in [6.07, 6.45) is -4.69. The second-order valence-corrected chi connectivity index (χ2v) is 18.2. The van der Waals surface area contributed by atoms with E-state index in [1.54, 1.807) is 6.07 Å². The Kier molecular flexibility index (Phi) is 10.6. The van der Waals surface area contributed by atoms with E-state index >= 15 is 13.2 Å². The molecular formula is C65H39F3N6. The van der Waals surface area contributed by atoms with Crippen molar-refractivity contribution in [3.05, 3.63) is 248 Å². The van der Waals surface area contributed by atoms with Crippen LogP contribution in [0.3, 0.4) is 0 Å². The van der Waals surface area contributed by atoms with E-state index in [1.165, 1.54) is 6.07 Å². The van der Waals surface area contributed by atoms with Gasteiger partial charge in [0.25, 0.3) is 0 Å². The first-order chi connectivity index (χ1) is 36.3. The van der Waals surface area contributed by atoms with Gasteiger partial charge >= 0.3 is 6.18 Å². The fourth-order valence-corrected chi connectivity index (χ4v) is 10.4. The van der Waals surface area contributed by atoms with Crippen molar-refractivity contribution in [2.24, 2.45) is 0 Å². The molecule has 0 atom stereocenters. The van der Waals surface area contributed by atoms with Gasteiger partial charge < -0.3 is 9.13 Å². The quantitative estimate of drug-likeness (QED) is 0.152. The van der Waals surface area contributed by atoms with Crippen LogP contribution in [0.5, 0.6) is 0 Å². The van der Waals surface area contributed by atoms with E-state index in [4.69, 9.17) is 15.0 Å². The van der Waals surface area contributed by atoms with E-state index in [1.807, 2.05) is 156 Å². The average Bonchev–Trinajstić information content (AvgIpc) is 3.97. The zero-order valence-corrected chi connectivity index (χ0v) is 39.3. The molecular weight excluding hydrogens is 922 g/mol. The Morgan fingerprint density at radius 3 is 1.31 bits per heavy atom. The summed E-state index contributed by atoms with van der Waals surface area (Å²) in [5.41, 5.74) is 11.3. The van der Waals surface area contributed by atoms with Crippen molar-refractivity contribution < 1.29 is 13.2 Å². The van der Waals surface area contributed by atoms with Gasteiger partial charge in [-0.1, -0.05) is 164 Å². The monoisotopic (exact) mass is 960 g/mol. The number of hydrogen-bond donors (Lipinski definition) is 0. The Morgan fingerprint density at radius 1 is 0.338 bits per heavy atom. The minimum atomic E-state index is -4.69. The van der Waals surface area contributed by atoms with Crippen LogP contribution in [0.4, 0.5) is 13.2 Å². The lowest BCUT2D eigenvalue weighted by Gasteiger charge is -2.18. The predicted octanol–water partition coefficient (Wildman–Crippen LogP) is 17.0. The van der Waals surface area contributed by atoms with Crippen LogP contribution in [-0.2, 0) is 6.18 Å². The molecule has 0 spiro atoms. The number of fused-ring (bicyclic) bond motifs is 6. The number of hydrogen-bond acceptors (Lipinski definition) is 4. The number of aromatic nitrogens is 5. The van der Waals surface area contributed by atoms with Gasteiger partial charge in [-0.05, 0) is 106 Å². The minimum absolute atomic E-state index is 0.0466. The van der Waals surface area contributed by atoms with E-state index in [2.05, 4.69) is 71.3 Å². The van der Waals surface area contributed by atoms with Crippen molar-refractivity contribution in [1.29, 1.82) is 5.26 Å². The molecule has 0 saturated carbocycles. The smallest absolute Gasteiger partial charge is 0.309 e. The van der Waals surface area contributed by atoms with Crippen LogP contribution in [0.2, 0.25) is 0 Å². The van der Waals surface area contributed by atoms with Gasteiger partial charge in [0.2, 0.25) is 0 Å². The number of para-hydroxylation sites is 2. The van der Waals surface area contributed by atoms with Gasteiger partial charge in [-0.15, -0.1) is 0 Å². The second-order valence-electron chi connectivity index (χ2n) is 18.2. The van der Waals surface area contributed by atoms with Gasteiger partial charge in [-0.3, -0.25) is 0 Å². The lowest BCUT2D eigenvalue weighted by atomic mass is 9.97. The van der Waals surface area contributed by atoms with Crippen LogP contribution in [0.1, 0.15) is 11.1 Å². The number of halogens is 3. The molecule has 0 aliphatic carbocycles. The molecule has 10 aromatic carbocycles. The van der Waals surface area contributed by atoms with Crippen LogP contribution in [-0.4, -0.2) is 24.1 Å². The molecule has 6 nitrogen and oxygen atoms in total. The van der Waals surface area contributed by atoms with Crippen LogP contribution >= 0.6 is 0 Å². The molecule has 0 bridgehead atoms. The molecule has 13 rings (SSSR count). The number of benzene rings is 10. The summed E-state index contributed by atoms with van der Waals surface area (Å²) in [6, 6.07) is 78.1. The Labute approximate surface area is 423 Å². The molecule has 13 aromatic rings. The highest BCUT2D eigenvalue weighted by Gasteiger charge is 2.33. The van der Waals surface area contributed by atoms with Gasteiger partial charge in [0.05, 0.1) is 50.6 Å². The molecule has 0 N–H and O–H groups in total. The maximum absolute atomic E-state index is 15.1. The van der Waals surface area contributed by atoms with E-state index < -0.39 is 11.7 Å². The molecule has 0 saturated heterocycles. The Morgan fingerprint density at radius 2 is 0.770 bits per heavy atom. The molecule has 0 fully saturated rings. The molecule has 0 aliphatic heterocycles. The third-order valence-corrected chi connectivity index (χ3v) is 13.9.